The summed E-state index contributed by atoms with van der Waals surface area (Å²) in [5.41, 5.74) is 3.38. The number of ether oxygens (including phenoxy) is 1. The maximum absolute atomic E-state index is 11.7. The molecule has 0 atom stereocenters. The number of carbonyl (C=O) groups is 1. The lowest BCUT2D eigenvalue weighted by Crippen LogP contribution is -2.16. The zero-order valence-electron chi connectivity index (χ0n) is 13.4. The molecule has 1 N–H and O–H groups in total. The highest BCUT2D eigenvalue weighted by molar-refractivity contribution is 9.10. The Morgan fingerprint density at radius 1 is 1.27 bits per heavy atom. The summed E-state index contributed by atoms with van der Waals surface area (Å²) in [6, 6.07) is 5.64. The number of hydrogen-bond donors (Lipinski definition) is 1. The SMILES string of the molecule is CCCCCCCCC(=O)N/N=C\c1cc(Br)ccc1OC. The van der Waals surface area contributed by atoms with Gasteiger partial charge in [-0.2, -0.15) is 5.10 Å². The molecule has 1 aromatic rings. The van der Waals surface area contributed by atoms with Gasteiger partial charge in [0.25, 0.3) is 0 Å². The van der Waals surface area contributed by atoms with Crippen LogP contribution in [-0.2, 0) is 4.79 Å². The first-order valence-corrected chi connectivity index (χ1v) is 8.62. The number of amides is 1. The molecule has 0 heterocycles. The van der Waals surface area contributed by atoms with Crippen molar-refractivity contribution in [3.63, 3.8) is 0 Å². The predicted octanol–water partition coefficient (Wildman–Crippen LogP) is 4.66. The second-order valence-electron chi connectivity index (χ2n) is 5.20. The minimum Gasteiger partial charge on any atom is -0.496 e. The molecule has 122 valence electrons. The topological polar surface area (TPSA) is 50.7 Å². The summed E-state index contributed by atoms with van der Waals surface area (Å²) in [5.74, 6) is 0.679. The second-order valence-corrected chi connectivity index (χ2v) is 6.11. The lowest BCUT2D eigenvalue weighted by atomic mass is 10.1. The van der Waals surface area contributed by atoms with E-state index in [2.05, 4.69) is 33.4 Å². The lowest BCUT2D eigenvalue weighted by molar-refractivity contribution is -0.121. The van der Waals surface area contributed by atoms with E-state index in [1.165, 1.54) is 25.7 Å². The minimum absolute atomic E-state index is 0.0410. The van der Waals surface area contributed by atoms with Crippen molar-refractivity contribution in [2.75, 3.05) is 7.11 Å². The van der Waals surface area contributed by atoms with Gasteiger partial charge in [0.2, 0.25) is 5.91 Å². The average Bonchev–Trinajstić information content (AvgIpc) is 2.51. The fourth-order valence-electron chi connectivity index (χ4n) is 2.10. The molecule has 0 aliphatic rings. The molecule has 0 spiro atoms. The van der Waals surface area contributed by atoms with Crippen LogP contribution >= 0.6 is 15.9 Å². The Balaban J connectivity index is 2.30. The molecule has 4 nitrogen and oxygen atoms in total. The molecule has 0 aliphatic carbocycles. The van der Waals surface area contributed by atoms with Crippen LogP contribution in [0.5, 0.6) is 5.75 Å². The van der Waals surface area contributed by atoms with Crippen LogP contribution in [0.15, 0.2) is 27.8 Å². The molecule has 5 heteroatoms. The average molecular weight is 369 g/mol. The monoisotopic (exact) mass is 368 g/mol. The van der Waals surface area contributed by atoms with Gasteiger partial charge in [-0.1, -0.05) is 55.0 Å². The van der Waals surface area contributed by atoms with Gasteiger partial charge in [-0.15, -0.1) is 0 Å². The van der Waals surface area contributed by atoms with E-state index in [9.17, 15) is 4.79 Å². The van der Waals surface area contributed by atoms with E-state index in [0.29, 0.717) is 6.42 Å². The van der Waals surface area contributed by atoms with E-state index < -0.39 is 0 Å². The number of halogens is 1. The Hall–Kier alpha value is -1.36. The normalized spacial score (nSPS) is 10.9. The summed E-state index contributed by atoms with van der Waals surface area (Å²) in [6.45, 7) is 2.20. The van der Waals surface area contributed by atoms with Crippen LogP contribution in [0.1, 0.15) is 57.4 Å². The van der Waals surface area contributed by atoms with Gasteiger partial charge in [-0.25, -0.2) is 5.43 Å². The summed E-state index contributed by atoms with van der Waals surface area (Å²) in [7, 11) is 1.61. The van der Waals surface area contributed by atoms with E-state index in [1.54, 1.807) is 13.3 Å². The fourth-order valence-corrected chi connectivity index (χ4v) is 2.48. The van der Waals surface area contributed by atoms with Gasteiger partial charge >= 0.3 is 0 Å². The van der Waals surface area contributed by atoms with Crippen LogP contribution in [0.25, 0.3) is 0 Å². The summed E-state index contributed by atoms with van der Waals surface area (Å²) in [6.07, 6.45) is 9.15. The molecule has 1 amide bonds. The first-order valence-electron chi connectivity index (χ1n) is 7.82. The number of hydrazone groups is 1. The maximum Gasteiger partial charge on any atom is 0.240 e. The van der Waals surface area contributed by atoms with Crippen LogP contribution in [0.4, 0.5) is 0 Å². The number of carbonyl (C=O) groups excluding carboxylic acids is 1. The molecular formula is C17H25BrN2O2. The molecule has 0 saturated carbocycles. The van der Waals surface area contributed by atoms with Gasteiger partial charge in [0.05, 0.1) is 13.3 Å². The molecule has 0 unspecified atom stereocenters. The third-order valence-electron chi connectivity index (χ3n) is 3.34. The standard InChI is InChI=1S/C17H25BrN2O2/c1-3-4-5-6-7-8-9-17(21)20-19-13-14-12-15(18)10-11-16(14)22-2/h10-13H,3-9H2,1-2H3,(H,20,21)/b19-13-. The van der Waals surface area contributed by atoms with E-state index in [1.807, 2.05) is 18.2 Å². The van der Waals surface area contributed by atoms with Crippen LogP contribution in [0, 0.1) is 0 Å². The van der Waals surface area contributed by atoms with Crippen LogP contribution in [-0.4, -0.2) is 19.2 Å². The number of methoxy groups -OCH3 is 1. The van der Waals surface area contributed by atoms with Gasteiger partial charge in [-0.05, 0) is 24.6 Å². The Labute approximate surface area is 141 Å². The van der Waals surface area contributed by atoms with Crippen molar-refractivity contribution in [2.45, 2.75) is 51.9 Å². The molecule has 1 rings (SSSR count). The fraction of sp³-hybridized carbons (Fsp3) is 0.529. The smallest absolute Gasteiger partial charge is 0.240 e. The number of rotatable bonds is 10. The van der Waals surface area contributed by atoms with Crippen LogP contribution in [0.2, 0.25) is 0 Å². The highest BCUT2D eigenvalue weighted by atomic mass is 79.9. The highest BCUT2D eigenvalue weighted by Crippen LogP contribution is 2.21. The van der Waals surface area contributed by atoms with Gasteiger partial charge in [0, 0.05) is 16.5 Å². The van der Waals surface area contributed by atoms with Gasteiger partial charge < -0.3 is 4.74 Å². The zero-order valence-corrected chi connectivity index (χ0v) is 15.0. The highest BCUT2D eigenvalue weighted by Gasteiger charge is 2.02. The molecule has 0 fully saturated rings. The third-order valence-corrected chi connectivity index (χ3v) is 3.84. The van der Waals surface area contributed by atoms with Crippen molar-refractivity contribution in [1.82, 2.24) is 5.43 Å². The molecule has 1 aromatic carbocycles. The van der Waals surface area contributed by atoms with Gasteiger partial charge in [-0.3, -0.25) is 4.79 Å². The predicted molar refractivity (Wildman–Crippen MR) is 94.4 cm³/mol. The third kappa shape index (κ3) is 7.59. The number of hydrogen-bond acceptors (Lipinski definition) is 3. The number of nitrogens with zero attached hydrogens (tertiary/aromatic N) is 1. The van der Waals surface area contributed by atoms with Crippen LogP contribution in [0.3, 0.4) is 0 Å². The Morgan fingerprint density at radius 2 is 2.00 bits per heavy atom. The zero-order chi connectivity index (χ0) is 16.2. The molecule has 0 saturated heterocycles. The largest absolute Gasteiger partial charge is 0.496 e. The molecule has 0 aliphatic heterocycles. The summed E-state index contributed by atoms with van der Waals surface area (Å²) < 4.78 is 6.18. The quantitative estimate of drug-likeness (QED) is 0.371. The summed E-state index contributed by atoms with van der Waals surface area (Å²) >= 11 is 3.40. The molecule has 0 aromatic heterocycles. The summed E-state index contributed by atoms with van der Waals surface area (Å²) in [5, 5.41) is 3.99. The first-order chi connectivity index (χ1) is 10.7. The second kappa shape index (κ2) is 11.2. The molecule has 0 bridgehead atoms. The minimum atomic E-state index is -0.0410. The number of unbranched alkanes of at least 4 members (excludes halogenated alkanes) is 5. The number of nitrogens with one attached hydrogen (secondary N) is 1. The molecular weight excluding hydrogens is 344 g/mol. The van der Waals surface area contributed by atoms with E-state index >= 15 is 0 Å². The summed E-state index contributed by atoms with van der Waals surface area (Å²) in [4.78, 5) is 11.7. The Bertz CT molecular complexity index is 490. The van der Waals surface area contributed by atoms with Crippen molar-refractivity contribution in [2.24, 2.45) is 5.10 Å². The van der Waals surface area contributed by atoms with E-state index in [-0.39, 0.29) is 5.91 Å². The van der Waals surface area contributed by atoms with E-state index in [0.717, 1.165) is 28.6 Å². The Kier molecular flexibility index (Phi) is 9.55. The van der Waals surface area contributed by atoms with Gasteiger partial charge in [0.15, 0.2) is 0 Å². The maximum atomic E-state index is 11.7. The lowest BCUT2D eigenvalue weighted by Gasteiger charge is -2.04. The van der Waals surface area contributed by atoms with Crippen molar-refractivity contribution >= 4 is 28.1 Å². The van der Waals surface area contributed by atoms with Gasteiger partial charge in [0.1, 0.15) is 5.75 Å². The van der Waals surface area contributed by atoms with Crippen LogP contribution < -0.4 is 10.2 Å². The first kappa shape index (κ1) is 18.7. The van der Waals surface area contributed by atoms with Crippen molar-refractivity contribution in [1.29, 1.82) is 0 Å². The molecule has 22 heavy (non-hydrogen) atoms. The van der Waals surface area contributed by atoms with Crippen molar-refractivity contribution < 1.29 is 9.53 Å². The molecule has 0 radical (unpaired) electrons. The van der Waals surface area contributed by atoms with Crippen molar-refractivity contribution in [3.8, 4) is 5.75 Å². The van der Waals surface area contributed by atoms with E-state index in [4.69, 9.17) is 4.74 Å². The van der Waals surface area contributed by atoms with Crippen molar-refractivity contribution in [3.05, 3.63) is 28.2 Å². The Morgan fingerprint density at radius 3 is 2.73 bits per heavy atom. The number of benzene rings is 1.